The van der Waals surface area contributed by atoms with Crippen LogP contribution in [0.1, 0.15) is 26.2 Å². The van der Waals surface area contributed by atoms with Gasteiger partial charge in [0.1, 0.15) is 5.75 Å². The first-order valence-corrected chi connectivity index (χ1v) is 7.60. The molecular weight excluding hydrogens is 312 g/mol. The molecule has 1 rings (SSSR count). The van der Waals surface area contributed by atoms with Crippen LogP contribution in [0.15, 0.2) is 55.6 Å². The molecular formula is C18H22O6. The molecule has 0 aliphatic carbocycles. The molecule has 0 aromatic heterocycles. The molecule has 130 valence electrons. The average molecular weight is 334 g/mol. The summed E-state index contributed by atoms with van der Waals surface area (Å²) in [6.07, 6.45) is 3.87. The van der Waals surface area contributed by atoms with E-state index in [2.05, 4.69) is 13.2 Å². The fourth-order valence-electron chi connectivity index (χ4n) is 1.78. The average Bonchev–Trinajstić information content (AvgIpc) is 2.63. The molecule has 0 fully saturated rings. The minimum absolute atomic E-state index is 0.267. The van der Waals surface area contributed by atoms with Gasteiger partial charge in [-0.3, -0.25) is 4.89 Å². The van der Waals surface area contributed by atoms with Crippen molar-refractivity contribution in [3.63, 3.8) is 0 Å². The third-order valence-electron chi connectivity index (χ3n) is 3.00. The van der Waals surface area contributed by atoms with Crippen LogP contribution in [0, 0.1) is 0 Å². The predicted octanol–water partition coefficient (Wildman–Crippen LogP) is 3.34. The maximum absolute atomic E-state index is 11.4. The number of esters is 1. The second-order valence-electron chi connectivity index (χ2n) is 4.93. The van der Waals surface area contributed by atoms with Gasteiger partial charge in [0.2, 0.25) is 0 Å². The number of para-hydroxylation sites is 1. The van der Waals surface area contributed by atoms with E-state index < -0.39 is 17.7 Å². The lowest BCUT2D eigenvalue weighted by atomic mass is 10.1. The van der Waals surface area contributed by atoms with Crippen LogP contribution in [0.4, 0.5) is 0 Å². The van der Waals surface area contributed by atoms with Gasteiger partial charge in [-0.2, -0.15) is 0 Å². The van der Waals surface area contributed by atoms with E-state index in [4.69, 9.17) is 19.2 Å². The lowest BCUT2D eigenvalue weighted by molar-refractivity contribution is -0.390. The van der Waals surface area contributed by atoms with Crippen LogP contribution in [0.3, 0.4) is 0 Å². The van der Waals surface area contributed by atoms with Crippen molar-refractivity contribution in [2.45, 2.75) is 32.0 Å². The van der Waals surface area contributed by atoms with Gasteiger partial charge in [-0.1, -0.05) is 44.7 Å². The molecule has 6 heteroatoms. The van der Waals surface area contributed by atoms with Crippen molar-refractivity contribution >= 4 is 11.9 Å². The standard InChI is InChI=1S/C18H22O6/c1-4-7-13-18(14-21-16(19)5-2,24-23-17(20)6-3)22-15-11-9-8-10-12-15/h5-6,8-12H,2-4,7,13-14H2,1H3. The number of ether oxygens (including phenoxy) is 2. The molecule has 0 amide bonds. The quantitative estimate of drug-likeness (QED) is 0.203. The van der Waals surface area contributed by atoms with Crippen molar-refractivity contribution in [3.8, 4) is 5.75 Å². The summed E-state index contributed by atoms with van der Waals surface area (Å²) in [7, 11) is 0. The molecule has 0 aliphatic rings. The Morgan fingerprint density at radius 2 is 1.79 bits per heavy atom. The lowest BCUT2D eigenvalue weighted by Gasteiger charge is -2.31. The first kappa shape index (κ1) is 19.4. The van der Waals surface area contributed by atoms with Crippen LogP contribution in [-0.4, -0.2) is 24.3 Å². The zero-order chi connectivity index (χ0) is 17.8. The first-order valence-electron chi connectivity index (χ1n) is 7.60. The van der Waals surface area contributed by atoms with Gasteiger partial charge in [-0.15, -0.1) is 4.89 Å². The Labute approximate surface area is 141 Å². The summed E-state index contributed by atoms with van der Waals surface area (Å²) in [5.41, 5.74) is 0. The number of carbonyl (C=O) groups is 2. The highest BCUT2D eigenvalue weighted by Gasteiger charge is 2.38. The smallest absolute Gasteiger partial charge is 0.365 e. The van der Waals surface area contributed by atoms with Crippen LogP contribution in [0.5, 0.6) is 5.75 Å². The minimum atomic E-state index is -1.46. The molecule has 1 atom stereocenters. The molecule has 0 saturated heterocycles. The monoisotopic (exact) mass is 334 g/mol. The SMILES string of the molecule is C=CC(=O)OCC(CCCC)(OOC(=O)C=C)Oc1ccccc1. The van der Waals surface area contributed by atoms with E-state index in [0.717, 1.165) is 18.6 Å². The molecule has 0 saturated carbocycles. The summed E-state index contributed by atoms with van der Waals surface area (Å²) < 4.78 is 10.9. The van der Waals surface area contributed by atoms with E-state index in [1.165, 1.54) is 0 Å². The van der Waals surface area contributed by atoms with Crippen LogP contribution in [0.25, 0.3) is 0 Å². The fraction of sp³-hybridized carbons (Fsp3) is 0.333. The number of unbranched alkanes of at least 4 members (excludes halogenated alkanes) is 1. The van der Waals surface area contributed by atoms with E-state index >= 15 is 0 Å². The Morgan fingerprint density at radius 3 is 2.38 bits per heavy atom. The Hall–Kier alpha value is -2.60. The van der Waals surface area contributed by atoms with Crippen molar-refractivity contribution in [1.82, 2.24) is 0 Å². The van der Waals surface area contributed by atoms with Gasteiger partial charge in [0, 0.05) is 18.6 Å². The van der Waals surface area contributed by atoms with E-state index in [1.807, 2.05) is 13.0 Å². The fourth-order valence-corrected chi connectivity index (χ4v) is 1.78. The molecule has 6 nitrogen and oxygen atoms in total. The maximum Gasteiger partial charge on any atom is 0.365 e. The summed E-state index contributed by atoms with van der Waals surface area (Å²) in [6, 6.07) is 8.83. The largest absolute Gasteiger partial charge is 0.455 e. The summed E-state index contributed by atoms with van der Waals surface area (Å²) in [6.45, 7) is 8.36. The summed E-state index contributed by atoms with van der Waals surface area (Å²) in [5, 5.41) is 0. The van der Waals surface area contributed by atoms with Gasteiger partial charge in [-0.05, 0) is 18.6 Å². The zero-order valence-electron chi connectivity index (χ0n) is 13.7. The second-order valence-corrected chi connectivity index (χ2v) is 4.93. The minimum Gasteiger partial charge on any atom is -0.455 e. The normalized spacial score (nSPS) is 12.5. The second kappa shape index (κ2) is 10.2. The number of hydrogen-bond donors (Lipinski definition) is 0. The van der Waals surface area contributed by atoms with E-state index in [0.29, 0.717) is 18.6 Å². The van der Waals surface area contributed by atoms with Gasteiger partial charge < -0.3 is 9.47 Å². The number of carbonyl (C=O) groups excluding carboxylic acids is 2. The number of benzene rings is 1. The zero-order valence-corrected chi connectivity index (χ0v) is 13.7. The Morgan fingerprint density at radius 1 is 1.12 bits per heavy atom. The highest BCUT2D eigenvalue weighted by molar-refractivity contribution is 5.81. The lowest BCUT2D eigenvalue weighted by Crippen LogP contribution is -2.45. The van der Waals surface area contributed by atoms with Crippen LogP contribution >= 0.6 is 0 Å². The van der Waals surface area contributed by atoms with Crippen molar-refractivity contribution in [1.29, 1.82) is 0 Å². The third kappa shape index (κ3) is 6.66. The molecule has 0 bridgehead atoms. The van der Waals surface area contributed by atoms with E-state index in [1.54, 1.807) is 24.3 Å². The molecule has 0 radical (unpaired) electrons. The van der Waals surface area contributed by atoms with Crippen LogP contribution in [0.2, 0.25) is 0 Å². The topological polar surface area (TPSA) is 71.1 Å². The van der Waals surface area contributed by atoms with Gasteiger partial charge >= 0.3 is 11.9 Å². The van der Waals surface area contributed by atoms with Crippen LogP contribution < -0.4 is 4.74 Å². The highest BCUT2D eigenvalue weighted by atomic mass is 17.2. The van der Waals surface area contributed by atoms with Gasteiger partial charge in [0.05, 0.1) is 0 Å². The molecule has 1 unspecified atom stereocenters. The molecule has 1 aromatic rings. The summed E-state index contributed by atoms with van der Waals surface area (Å²) >= 11 is 0. The van der Waals surface area contributed by atoms with Crippen LogP contribution in [-0.2, 0) is 24.1 Å². The predicted molar refractivity (Wildman–Crippen MR) is 87.9 cm³/mol. The van der Waals surface area contributed by atoms with E-state index in [9.17, 15) is 9.59 Å². The summed E-state index contributed by atoms with van der Waals surface area (Å²) in [4.78, 5) is 32.7. The molecule has 0 aliphatic heterocycles. The molecule has 0 N–H and O–H groups in total. The maximum atomic E-state index is 11.4. The van der Waals surface area contributed by atoms with Crippen molar-refractivity contribution < 1.29 is 28.8 Å². The van der Waals surface area contributed by atoms with Crippen molar-refractivity contribution in [3.05, 3.63) is 55.6 Å². The Kier molecular flexibility index (Phi) is 8.29. The number of rotatable bonds is 11. The summed E-state index contributed by atoms with van der Waals surface area (Å²) in [5.74, 6) is -2.39. The third-order valence-corrected chi connectivity index (χ3v) is 3.00. The molecule has 0 heterocycles. The molecule has 0 spiro atoms. The number of hydrogen-bond acceptors (Lipinski definition) is 6. The van der Waals surface area contributed by atoms with Crippen molar-refractivity contribution in [2.75, 3.05) is 6.61 Å². The van der Waals surface area contributed by atoms with Gasteiger partial charge in [-0.25, -0.2) is 9.59 Å². The van der Waals surface area contributed by atoms with E-state index in [-0.39, 0.29) is 6.61 Å². The molecule has 24 heavy (non-hydrogen) atoms. The van der Waals surface area contributed by atoms with Gasteiger partial charge in [0.15, 0.2) is 6.61 Å². The van der Waals surface area contributed by atoms with Crippen molar-refractivity contribution in [2.24, 2.45) is 0 Å². The first-order chi connectivity index (χ1) is 11.5. The highest BCUT2D eigenvalue weighted by Crippen LogP contribution is 2.26. The Bertz CT molecular complexity index is 528. The Balaban J connectivity index is 2.99. The van der Waals surface area contributed by atoms with Gasteiger partial charge in [0.25, 0.3) is 5.79 Å². The molecule has 1 aromatic carbocycles.